The first kappa shape index (κ1) is 19.5. The number of morpholine rings is 1. The van der Waals surface area contributed by atoms with E-state index in [0.29, 0.717) is 54.2 Å². The van der Waals surface area contributed by atoms with E-state index in [1.165, 1.54) is 10.7 Å². The Balaban J connectivity index is 1.68. The van der Waals surface area contributed by atoms with Crippen LogP contribution in [0.25, 0.3) is 0 Å². The van der Waals surface area contributed by atoms with Gasteiger partial charge in [0.05, 0.1) is 18.1 Å². The van der Waals surface area contributed by atoms with Crippen molar-refractivity contribution in [2.45, 2.75) is 49.8 Å². The van der Waals surface area contributed by atoms with Gasteiger partial charge in [0.1, 0.15) is 0 Å². The number of aryl methyl sites for hydroxylation is 1. The lowest BCUT2D eigenvalue weighted by molar-refractivity contribution is -0.00394. The highest BCUT2D eigenvalue weighted by molar-refractivity contribution is 7.89. The van der Waals surface area contributed by atoms with Gasteiger partial charge < -0.3 is 10.5 Å². The predicted molar refractivity (Wildman–Crippen MR) is 109 cm³/mol. The molecular weight excluding hydrogens is 388 g/mol. The second-order valence-corrected chi connectivity index (χ2v) is 11.4. The number of benzene rings is 1. The number of hydrogen-bond donors (Lipinski definition) is 1. The maximum Gasteiger partial charge on any atom is 0.249 e. The molecule has 0 atom stereocenters. The van der Waals surface area contributed by atoms with Crippen molar-refractivity contribution < 1.29 is 17.9 Å². The van der Waals surface area contributed by atoms with Gasteiger partial charge >= 0.3 is 0 Å². The van der Waals surface area contributed by atoms with Crippen LogP contribution >= 0.6 is 0 Å². The molecule has 1 aromatic rings. The third-order valence-corrected chi connectivity index (χ3v) is 9.89. The molecule has 0 spiro atoms. The predicted octanol–water partition coefficient (Wildman–Crippen LogP) is 2.65. The third kappa shape index (κ3) is 3.13. The highest BCUT2D eigenvalue weighted by Gasteiger charge is 2.51. The van der Waals surface area contributed by atoms with E-state index in [-0.39, 0.29) is 5.92 Å². The van der Waals surface area contributed by atoms with Crippen LogP contribution in [0.2, 0.25) is 0 Å². The molecule has 158 valence electrons. The van der Waals surface area contributed by atoms with Gasteiger partial charge in [0, 0.05) is 18.7 Å². The molecule has 0 unspecified atom stereocenters. The second-order valence-electron chi connectivity index (χ2n) is 9.51. The number of sulfonamides is 1. The third-order valence-electron chi connectivity index (χ3n) is 7.79. The van der Waals surface area contributed by atoms with E-state index >= 15 is 0 Å². The van der Waals surface area contributed by atoms with Crippen LogP contribution < -0.4 is 5.73 Å². The molecule has 4 saturated carbocycles. The average Bonchev–Trinajstić information content (AvgIpc) is 2.67. The highest BCUT2D eigenvalue weighted by Crippen LogP contribution is 2.61. The molecule has 6 rings (SSSR count). The fourth-order valence-corrected chi connectivity index (χ4v) is 8.80. The van der Waals surface area contributed by atoms with E-state index in [1.807, 2.05) is 6.92 Å². The van der Waals surface area contributed by atoms with Gasteiger partial charge in [-0.3, -0.25) is 4.79 Å². The van der Waals surface area contributed by atoms with Crippen molar-refractivity contribution in [3.05, 3.63) is 28.8 Å². The standard InChI is InChI=1S/C22H30N2O4S/c1-13-2-3-18(22(23)25)20(21(13)29(26,27)24-4-6-28-7-5-24)19-16-9-14-8-15(11-16)12-17(19)10-14/h2-3,14-17,19H,4-12H2,1H3,(H2,23,25). The number of nitrogens with two attached hydrogens (primary N) is 1. The molecule has 2 N–H and O–H groups in total. The number of nitrogens with zero attached hydrogens (tertiary/aromatic N) is 1. The maximum absolute atomic E-state index is 13.8. The summed E-state index contributed by atoms with van der Waals surface area (Å²) in [4.78, 5) is 12.8. The van der Waals surface area contributed by atoms with Crippen LogP contribution in [0.1, 0.15) is 59.5 Å². The molecule has 1 amide bonds. The lowest BCUT2D eigenvalue weighted by Crippen LogP contribution is -2.46. The summed E-state index contributed by atoms with van der Waals surface area (Å²) in [6, 6.07) is 3.49. The Kier molecular flexibility index (Phi) is 4.76. The van der Waals surface area contributed by atoms with E-state index < -0.39 is 15.9 Å². The Morgan fingerprint density at radius 1 is 1.03 bits per heavy atom. The normalized spacial score (nSPS) is 34.4. The van der Waals surface area contributed by atoms with Crippen molar-refractivity contribution in [2.75, 3.05) is 26.3 Å². The Morgan fingerprint density at radius 3 is 2.17 bits per heavy atom. The first-order chi connectivity index (χ1) is 13.9. The Bertz CT molecular complexity index is 908. The van der Waals surface area contributed by atoms with Gasteiger partial charge in [0.25, 0.3) is 0 Å². The van der Waals surface area contributed by atoms with Crippen LogP contribution in [0.5, 0.6) is 0 Å². The largest absolute Gasteiger partial charge is 0.379 e. The van der Waals surface area contributed by atoms with Crippen LogP contribution in [-0.4, -0.2) is 44.9 Å². The minimum Gasteiger partial charge on any atom is -0.379 e. The molecule has 1 aliphatic heterocycles. The van der Waals surface area contributed by atoms with Gasteiger partial charge in [0.15, 0.2) is 0 Å². The summed E-state index contributed by atoms with van der Waals surface area (Å²) in [7, 11) is -3.72. The molecule has 1 saturated heterocycles. The zero-order valence-electron chi connectivity index (χ0n) is 17.0. The number of hydrogen-bond acceptors (Lipinski definition) is 4. The van der Waals surface area contributed by atoms with Crippen molar-refractivity contribution in [1.82, 2.24) is 4.31 Å². The van der Waals surface area contributed by atoms with Gasteiger partial charge in [-0.1, -0.05) is 6.07 Å². The number of carbonyl (C=O) groups is 1. The summed E-state index contributed by atoms with van der Waals surface area (Å²) in [5.41, 5.74) is 7.62. The van der Waals surface area contributed by atoms with Gasteiger partial charge in [-0.25, -0.2) is 8.42 Å². The van der Waals surface area contributed by atoms with Gasteiger partial charge in [0.2, 0.25) is 15.9 Å². The van der Waals surface area contributed by atoms with E-state index in [0.717, 1.165) is 43.1 Å². The topological polar surface area (TPSA) is 89.7 Å². The van der Waals surface area contributed by atoms with Crippen molar-refractivity contribution >= 4 is 15.9 Å². The van der Waals surface area contributed by atoms with Crippen LogP contribution in [0, 0.1) is 30.6 Å². The van der Waals surface area contributed by atoms with Crippen LogP contribution in [-0.2, 0) is 14.8 Å². The molecule has 29 heavy (non-hydrogen) atoms. The number of ether oxygens (including phenoxy) is 1. The SMILES string of the molecule is Cc1ccc(C(N)=O)c(C2C3CC4CC(C3)CC2C4)c1S(=O)(=O)N1CCOCC1. The smallest absolute Gasteiger partial charge is 0.249 e. The number of amides is 1. The van der Waals surface area contributed by atoms with Gasteiger partial charge in [-0.15, -0.1) is 0 Å². The fourth-order valence-electron chi connectivity index (χ4n) is 6.91. The zero-order valence-corrected chi connectivity index (χ0v) is 17.8. The van der Waals surface area contributed by atoms with Crippen molar-refractivity contribution in [2.24, 2.45) is 29.4 Å². The van der Waals surface area contributed by atoms with E-state index in [4.69, 9.17) is 10.5 Å². The summed E-state index contributed by atoms with van der Waals surface area (Å²) in [6.07, 6.45) is 5.94. The van der Waals surface area contributed by atoms with E-state index in [1.54, 1.807) is 12.1 Å². The van der Waals surface area contributed by atoms with E-state index in [2.05, 4.69) is 0 Å². The van der Waals surface area contributed by atoms with Crippen LogP contribution in [0.3, 0.4) is 0 Å². The summed E-state index contributed by atoms with van der Waals surface area (Å²) in [5.74, 6) is 2.07. The zero-order chi connectivity index (χ0) is 20.3. The Hall–Kier alpha value is -1.44. The van der Waals surface area contributed by atoms with E-state index in [9.17, 15) is 13.2 Å². The van der Waals surface area contributed by atoms with Crippen LogP contribution in [0.4, 0.5) is 0 Å². The number of carbonyl (C=O) groups excluding carboxylic acids is 1. The molecule has 5 aliphatic rings. The molecule has 4 aliphatic carbocycles. The molecule has 1 aromatic carbocycles. The minimum atomic E-state index is -3.72. The molecule has 1 heterocycles. The monoisotopic (exact) mass is 418 g/mol. The molecule has 7 heteroatoms. The van der Waals surface area contributed by atoms with Gasteiger partial charge in [-0.2, -0.15) is 4.31 Å². The summed E-state index contributed by atoms with van der Waals surface area (Å²) in [6.45, 7) is 3.35. The second kappa shape index (κ2) is 7.06. The summed E-state index contributed by atoms with van der Waals surface area (Å²) in [5, 5.41) is 0. The quantitative estimate of drug-likeness (QED) is 0.814. The molecule has 6 nitrogen and oxygen atoms in total. The number of rotatable bonds is 4. The number of primary amides is 1. The average molecular weight is 419 g/mol. The summed E-state index contributed by atoms with van der Waals surface area (Å²) < 4.78 is 34.4. The van der Waals surface area contributed by atoms with Crippen LogP contribution in [0.15, 0.2) is 17.0 Å². The molecule has 0 radical (unpaired) electrons. The van der Waals surface area contributed by atoms with Crippen molar-refractivity contribution in [3.8, 4) is 0 Å². The molecule has 4 bridgehead atoms. The maximum atomic E-state index is 13.8. The first-order valence-electron chi connectivity index (χ1n) is 10.9. The van der Waals surface area contributed by atoms with Crippen molar-refractivity contribution in [1.29, 1.82) is 0 Å². The van der Waals surface area contributed by atoms with Gasteiger partial charge in [-0.05, 0) is 85.8 Å². The molecular formula is C22H30N2O4S. The minimum absolute atomic E-state index is 0.121. The highest BCUT2D eigenvalue weighted by atomic mass is 32.2. The van der Waals surface area contributed by atoms with Crippen molar-refractivity contribution in [3.63, 3.8) is 0 Å². The Morgan fingerprint density at radius 2 is 1.62 bits per heavy atom. The fraction of sp³-hybridized carbons (Fsp3) is 0.682. The lowest BCUT2D eigenvalue weighted by atomic mass is 9.50. The Labute approximate surface area is 172 Å². The molecule has 5 fully saturated rings. The lowest BCUT2D eigenvalue weighted by Gasteiger charge is -2.55. The summed E-state index contributed by atoms with van der Waals surface area (Å²) >= 11 is 0. The first-order valence-corrected chi connectivity index (χ1v) is 12.3. The molecule has 0 aromatic heterocycles.